The highest BCUT2D eigenvalue weighted by Gasteiger charge is 2.18. The highest BCUT2D eigenvalue weighted by atomic mass is 32.1. The average Bonchev–Trinajstić information content (AvgIpc) is 3.13. The van der Waals surface area contributed by atoms with E-state index >= 15 is 0 Å². The Morgan fingerprint density at radius 3 is 2.57 bits per heavy atom. The average molecular weight is 386 g/mol. The molecule has 3 aromatic carbocycles. The first kappa shape index (κ1) is 18.3. The molecular weight excluding hydrogens is 362 g/mol. The molecule has 0 spiro atoms. The zero-order valence-electron chi connectivity index (χ0n) is 15.8. The number of thiocarbonyl (C=S) groups is 1. The maximum atomic E-state index is 5.54. The van der Waals surface area contributed by atoms with Crippen LogP contribution < -0.4 is 10.6 Å². The van der Waals surface area contributed by atoms with Crippen molar-refractivity contribution in [1.29, 1.82) is 0 Å². The van der Waals surface area contributed by atoms with E-state index < -0.39 is 0 Å². The molecule has 4 aromatic rings. The smallest absolute Gasteiger partial charge is 0.170 e. The van der Waals surface area contributed by atoms with Crippen molar-refractivity contribution in [3.05, 3.63) is 102 Å². The molecule has 0 aliphatic carbocycles. The molecule has 0 unspecified atom stereocenters. The molecule has 0 bridgehead atoms. The first-order valence-electron chi connectivity index (χ1n) is 9.43. The molecule has 140 valence electrons. The minimum Gasteiger partial charge on any atom is -0.361 e. The molecule has 0 saturated heterocycles. The van der Waals surface area contributed by atoms with Gasteiger partial charge in [0.1, 0.15) is 0 Å². The molecule has 0 saturated carbocycles. The van der Waals surface area contributed by atoms with Crippen molar-refractivity contribution >= 4 is 33.9 Å². The fourth-order valence-electron chi connectivity index (χ4n) is 3.57. The van der Waals surface area contributed by atoms with Gasteiger partial charge in [-0.1, -0.05) is 60.7 Å². The number of para-hydroxylation sites is 1. The van der Waals surface area contributed by atoms with Gasteiger partial charge < -0.3 is 15.6 Å². The number of aromatic amines is 1. The molecule has 4 heteroatoms. The molecule has 28 heavy (non-hydrogen) atoms. The molecule has 1 aromatic heterocycles. The minimum absolute atomic E-state index is 0.189. The first-order chi connectivity index (χ1) is 13.7. The third kappa shape index (κ3) is 4.07. The van der Waals surface area contributed by atoms with Crippen molar-refractivity contribution in [2.45, 2.75) is 12.8 Å². The van der Waals surface area contributed by atoms with Gasteiger partial charge in [-0.2, -0.15) is 0 Å². The van der Waals surface area contributed by atoms with Gasteiger partial charge >= 0.3 is 0 Å². The van der Waals surface area contributed by atoms with Gasteiger partial charge in [0.05, 0.1) is 0 Å². The van der Waals surface area contributed by atoms with Gasteiger partial charge in [-0.25, -0.2) is 0 Å². The fraction of sp³-hybridized carbons (Fsp3) is 0.125. The van der Waals surface area contributed by atoms with Crippen molar-refractivity contribution in [1.82, 2.24) is 10.3 Å². The third-order valence-corrected chi connectivity index (χ3v) is 5.19. The quantitative estimate of drug-likeness (QED) is 0.392. The van der Waals surface area contributed by atoms with Crippen LogP contribution in [-0.4, -0.2) is 16.6 Å². The highest BCUT2D eigenvalue weighted by molar-refractivity contribution is 7.80. The highest BCUT2D eigenvalue weighted by Crippen LogP contribution is 2.30. The van der Waals surface area contributed by atoms with Crippen LogP contribution in [0.4, 0.5) is 5.69 Å². The Hall–Kier alpha value is -3.11. The van der Waals surface area contributed by atoms with Crippen LogP contribution in [0.15, 0.2) is 85.1 Å². The Labute approximate surface area is 170 Å². The van der Waals surface area contributed by atoms with Gasteiger partial charge in [0, 0.05) is 35.2 Å². The van der Waals surface area contributed by atoms with E-state index in [1.165, 1.54) is 22.1 Å². The van der Waals surface area contributed by atoms with Gasteiger partial charge in [0.15, 0.2) is 5.11 Å². The lowest BCUT2D eigenvalue weighted by Gasteiger charge is -2.20. The molecule has 0 aliphatic rings. The number of rotatable bonds is 5. The maximum absolute atomic E-state index is 5.54. The standard InChI is InChI=1S/C24H23N3S/c1-17-8-7-11-19(14-17)27-24(28)26-15-21(18-9-3-2-4-10-18)22-16-25-23-13-6-5-12-20(22)23/h2-14,16,21,25H,15H2,1H3,(H2,26,27,28)/t21-/m1/s1. The second-order valence-corrected chi connectivity index (χ2v) is 7.37. The summed E-state index contributed by atoms with van der Waals surface area (Å²) >= 11 is 5.54. The van der Waals surface area contributed by atoms with E-state index in [-0.39, 0.29) is 5.92 Å². The number of H-pyrrole nitrogens is 1. The predicted octanol–water partition coefficient (Wildman–Crippen LogP) is 5.59. The normalized spacial score (nSPS) is 11.9. The van der Waals surface area contributed by atoms with Gasteiger partial charge in [-0.05, 0) is 54.0 Å². The minimum atomic E-state index is 0.189. The van der Waals surface area contributed by atoms with Crippen molar-refractivity contribution in [2.75, 3.05) is 11.9 Å². The molecule has 0 amide bonds. The zero-order valence-corrected chi connectivity index (χ0v) is 16.6. The van der Waals surface area contributed by atoms with E-state index in [1.54, 1.807) is 0 Å². The fourth-order valence-corrected chi connectivity index (χ4v) is 3.77. The van der Waals surface area contributed by atoms with Crippen molar-refractivity contribution in [2.24, 2.45) is 0 Å². The summed E-state index contributed by atoms with van der Waals surface area (Å²) in [6.07, 6.45) is 2.11. The van der Waals surface area contributed by atoms with Gasteiger partial charge in [-0.3, -0.25) is 0 Å². The molecule has 4 rings (SSSR count). The Bertz CT molecular complexity index is 1090. The summed E-state index contributed by atoms with van der Waals surface area (Å²) in [5, 5.41) is 8.57. The van der Waals surface area contributed by atoms with Crippen LogP contribution in [-0.2, 0) is 0 Å². The summed E-state index contributed by atoms with van der Waals surface area (Å²) in [6, 6.07) is 27.2. The number of hydrogen-bond donors (Lipinski definition) is 3. The lowest BCUT2D eigenvalue weighted by atomic mass is 9.91. The zero-order chi connectivity index (χ0) is 19.3. The monoisotopic (exact) mass is 385 g/mol. The summed E-state index contributed by atoms with van der Waals surface area (Å²) in [7, 11) is 0. The Morgan fingerprint density at radius 1 is 0.964 bits per heavy atom. The van der Waals surface area contributed by atoms with Crippen LogP contribution in [0.1, 0.15) is 22.6 Å². The van der Waals surface area contributed by atoms with Gasteiger partial charge in [0.2, 0.25) is 0 Å². The molecule has 3 N–H and O–H groups in total. The van der Waals surface area contributed by atoms with Crippen molar-refractivity contribution in [3.63, 3.8) is 0 Å². The number of fused-ring (bicyclic) bond motifs is 1. The summed E-state index contributed by atoms with van der Waals surface area (Å²) < 4.78 is 0. The summed E-state index contributed by atoms with van der Waals surface area (Å²) in [5.74, 6) is 0.189. The van der Waals surface area contributed by atoms with Gasteiger partial charge in [-0.15, -0.1) is 0 Å². The number of benzene rings is 3. The van der Waals surface area contributed by atoms with Crippen molar-refractivity contribution < 1.29 is 0 Å². The Kier molecular flexibility index (Phi) is 5.40. The molecule has 3 nitrogen and oxygen atoms in total. The van der Waals surface area contributed by atoms with E-state index in [4.69, 9.17) is 12.2 Å². The molecule has 0 radical (unpaired) electrons. The Morgan fingerprint density at radius 2 is 1.75 bits per heavy atom. The molecule has 0 fully saturated rings. The molecular formula is C24H23N3S. The largest absolute Gasteiger partial charge is 0.361 e. The summed E-state index contributed by atoms with van der Waals surface area (Å²) in [6.45, 7) is 2.79. The lowest BCUT2D eigenvalue weighted by molar-refractivity contribution is 0.766. The summed E-state index contributed by atoms with van der Waals surface area (Å²) in [4.78, 5) is 3.40. The topological polar surface area (TPSA) is 39.8 Å². The van der Waals surface area contributed by atoms with E-state index in [1.807, 2.05) is 18.2 Å². The Balaban J connectivity index is 1.56. The van der Waals surface area contributed by atoms with Crippen LogP contribution >= 0.6 is 12.2 Å². The van der Waals surface area contributed by atoms with E-state index in [2.05, 4.69) is 89.4 Å². The van der Waals surface area contributed by atoms with Crippen LogP contribution in [0.3, 0.4) is 0 Å². The number of aryl methyl sites for hydroxylation is 1. The van der Waals surface area contributed by atoms with Gasteiger partial charge in [0.25, 0.3) is 0 Å². The second-order valence-electron chi connectivity index (χ2n) is 6.96. The van der Waals surface area contributed by atoms with E-state index in [9.17, 15) is 0 Å². The number of hydrogen-bond acceptors (Lipinski definition) is 1. The number of aromatic nitrogens is 1. The third-order valence-electron chi connectivity index (χ3n) is 4.94. The first-order valence-corrected chi connectivity index (χ1v) is 9.84. The molecule has 1 atom stereocenters. The SMILES string of the molecule is Cc1cccc(NC(=S)NC[C@H](c2ccccc2)c2c[nH]c3ccccc23)c1. The number of nitrogens with one attached hydrogen (secondary N) is 3. The molecule has 0 aliphatic heterocycles. The van der Waals surface area contributed by atoms with Crippen LogP contribution in [0.2, 0.25) is 0 Å². The van der Waals surface area contributed by atoms with Crippen LogP contribution in [0, 0.1) is 6.92 Å². The number of anilines is 1. The van der Waals surface area contributed by atoms with Crippen molar-refractivity contribution in [3.8, 4) is 0 Å². The summed E-state index contributed by atoms with van der Waals surface area (Å²) in [5.41, 5.74) is 5.89. The van der Waals surface area contributed by atoms with E-state index in [0.29, 0.717) is 11.7 Å². The van der Waals surface area contributed by atoms with Crippen LogP contribution in [0.25, 0.3) is 10.9 Å². The second kappa shape index (κ2) is 8.28. The maximum Gasteiger partial charge on any atom is 0.170 e. The molecule has 1 heterocycles. The predicted molar refractivity (Wildman–Crippen MR) is 122 cm³/mol. The van der Waals surface area contributed by atoms with Crippen LogP contribution in [0.5, 0.6) is 0 Å². The lowest BCUT2D eigenvalue weighted by Crippen LogP contribution is -2.32. The van der Waals surface area contributed by atoms with E-state index in [0.717, 1.165) is 11.2 Å².